The summed E-state index contributed by atoms with van der Waals surface area (Å²) in [5.74, 6) is -3.51. The molecule has 0 spiro atoms. The molecule has 1 saturated heterocycles. The molecule has 1 aromatic rings. The summed E-state index contributed by atoms with van der Waals surface area (Å²) in [6.45, 7) is 4.06. The van der Waals surface area contributed by atoms with Crippen molar-refractivity contribution in [2.75, 3.05) is 6.67 Å². The van der Waals surface area contributed by atoms with E-state index in [0.29, 0.717) is 5.56 Å². The van der Waals surface area contributed by atoms with Crippen LogP contribution < -0.4 is 0 Å². The lowest BCUT2D eigenvalue weighted by Gasteiger charge is -2.33. The van der Waals surface area contributed by atoms with Gasteiger partial charge >= 0.3 is 12.8 Å². The maximum absolute atomic E-state index is 13.5. The Hall–Kier alpha value is -1.10. The molecular weight excluding hydrogens is 346 g/mol. The SMILES string of the molecule is CB(O)N1[C@H](CF)[C@@H](c2ccc(S(=O)(=O)C(F)F)cc2)OC1(C)C. The van der Waals surface area contributed by atoms with Crippen molar-refractivity contribution in [1.29, 1.82) is 0 Å². The monoisotopic (exact) mass is 365 g/mol. The molecule has 24 heavy (non-hydrogen) atoms. The van der Waals surface area contributed by atoms with Gasteiger partial charge in [-0.1, -0.05) is 12.1 Å². The van der Waals surface area contributed by atoms with Gasteiger partial charge in [0.05, 0.1) is 10.9 Å². The third-order valence-electron chi connectivity index (χ3n) is 4.08. The number of halogens is 3. The first-order valence-electron chi connectivity index (χ1n) is 7.34. The van der Waals surface area contributed by atoms with E-state index in [4.69, 9.17) is 4.74 Å². The molecule has 0 saturated carbocycles. The van der Waals surface area contributed by atoms with E-state index in [0.717, 1.165) is 12.1 Å². The Morgan fingerprint density at radius 2 is 1.88 bits per heavy atom. The van der Waals surface area contributed by atoms with E-state index in [1.165, 1.54) is 23.8 Å². The van der Waals surface area contributed by atoms with E-state index in [2.05, 4.69) is 0 Å². The molecule has 0 bridgehead atoms. The van der Waals surface area contributed by atoms with Gasteiger partial charge in [0.25, 0.3) is 0 Å². The molecule has 1 heterocycles. The van der Waals surface area contributed by atoms with Crippen LogP contribution in [0.3, 0.4) is 0 Å². The lowest BCUT2D eigenvalue weighted by molar-refractivity contribution is -0.0557. The molecule has 1 aromatic carbocycles. The molecule has 0 amide bonds. The Morgan fingerprint density at radius 1 is 1.33 bits per heavy atom. The summed E-state index contributed by atoms with van der Waals surface area (Å²) in [6.07, 6.45) is -0.761. The van der Waals surface area contributed by atoms with Gasteiger partial charge in [0.15, 0.2) is 0 Å². The first-order chi connectivity index (χ1) is 11.0. The van der Waals surface area contributed by atoms with Crippen molar-refractivity contribution < 1.29 is 31.3 Å². The summed E-state index contributed by atoms with van der Waals surface area (Å²) in [4.78, 5) is 0.962. The highest BCUT2D eigenvalue weighted by atomic mass is 32.2. The molecule has 1 fully saturated rings. The number of hydrogen-bond donors (Lipinski definition) is 1. The Kier molecular flexibility index (Phi) is 5.34. The van der Waals surface area contributed by atoms with Crippen molar-refractivity contribution >= 4 is 16.9 Å². The fourth-order valence-electron chi connectivity index (χ4n) is 3.12. The molecule has 1 aliphatic heterocycles. The minimum Gasteiger partial charge on any atom is -0.437 e. The van der Waals surface area contributed by atoms with Crippen LogP contribution in [0.4, 0.5) is 13.2 Å². The number of rotatable bonds is 5. The zero-order valence-electron chi connectivity index (χ0n) is 13.5. The number of ether oxygens (including phenoxy) is 1. The van der Waals surface area contributed by atoms with Crippen molar-refractivity contribution in [3.05, 3.63) is 29.8 Å². The second-order valence-corrected chi connectivity index (χ2v) is 8.04. The predicted octanol–water partition coefficient (Wildman–Crippen LogP) is 2.24. The van der Waals surface area contributed by atoms with Crippen molar-refractivity contribution in [2.24, 2.45) is 0 Å². The number of benzene rings is 1. The standard InChI is InChI=1S/C14H19BF3NO4S/c1-14(2)19(15(3)20)11(8-16)12(23-14)9-4-6-10(7-5-9)24(21,22)13(17)18/h4-7,11-13,20H,8H2,1-3H3/t11-,12-/m1/s1. The predicted molar refractivity (Wildman–Crippen MR) is 83.0 cm³/mol. The van der Waals surface area contributed by atoms with Gasteiger partial charge in [-0.2, -0.15) is 8.78 Å². The molecule has 2 rings (SSSR count). The minimum atomic E-state index is -4.68. The lowest BCUT2D eigenvalue weighted by atomic mass is 9.80. The Bertz CT molecular complexity index is 682. The second-order valence-electron chi connectivity index (χ2n) is 6.12. The zero-order valence-corrected chi connectivity index (χ0v) is 14.3. The van der Waals surface area contributed by atoms with Gasteiger partial charge in [0, 0.05) is 0 Å². The first kappa shape index (κ1) is 19.2. The van der Waals surface area contributed by atoms with Crippen molar-refractivity contribution in [2.45, 2.75) is 49.2 Å². The average molecular weight is 365 g/mol. The quantitative estimate of drug-likeness (QED) is 0.811. The topological polar surface area (TPSA) is 66.8 Å². The lowest BCUT2D eigenvalue weighted by Crippen LogP contribution is -2.52. The second kappa shape index (κ2) is 6.66. The third-order valence-corrected chi connectivity index (χ3v) is 5.47. The molecule has 0 unspecified atom stereocenters. The summed E-state index contributed by atoms with van der Waals surface area (Å²) < 4.78 is 67.4. The van der Waals surface area contributed by atoms with Crippen molar-refractivity contribution in [3.8, 4) is 0 Å². The van der Waals surface area contributed by atoms with Gasteiger partial charge < -0.3 is 9.76 Å². The van der Waals surface area contributed by atoms with Crippen LogP contribution in [0.15, 0.2) is 29.2 Å². The third kappa shape index (κ3) is 3.33. The highest BCUT2D eigenvalue weighted by molar-refractivity contribution is 7.91. The molecule has 1 N–H and O–H groups in total. The van der Waals surface area contributed by atoms with Gasteiger partial charge in [-0.25, -0.2) is 12.8 Å². The molecule has 10 heteroatoms. The molecular formula is C14H19BF3NO4S. The molecule has 0 aliphatic carbocycles. The number of sulfone groups is 1. The summed E-state index contributed by atoms with van der Waals surface area (Å²) in [5.41, 5.74) is -0.495. The smallest absolute Gasteiger partial charge is 0.379 e. The van der Waals surface area contributed by atoms with Crippen LogP contribution in [0.2, 0.25) is 6.82 Å². The average Bonchev–Trinajstić information content (AvgIpc) is 2.78. The van der Waals surface area contributed by atoms with Gasteiger partial charge in [-0.3, -0.25) is 4.81 Å². The van der Waals surface area contributed by atoms with Crippen LogP contribution in [0.5, 0.6) is 0 Å². The first-order valence-corrected chi connectivity index (χ1v) is 8.89. The van der Waals surface area contributed by atoms with Gasteiger partial charge in [0.2, 0.25) is 9.84 Å². The van der Waals surface area contributed by atoms with Gasteiger partial charge in [-0.05, 0) is 38.4 Å². The molecule has 134 valence electrons. The maximum atomic E-state index is 13.5. The van der Waals surface area contributed by atoms with Crippen LogP contribution in [0.25, 0.3) is 0 Å². The zero-order chi connectivity index (χ0) is 18.3. The Balaban J connectivity index is 2.35. The Morgan fingerprint density at radius 3 is 2.29 bits per heavy atom. The van der Waals surface area contributed by atoms with Crippen LogP contribution in [-0.4, -0.2) is 49.5 Å². The van der Waals surface area contributed by atoms with E-state index < -0.39 is 52.1 Å². The fraction of sp³-hybridized carbons (Fsp3) is 0.571. The van der Waals surface area contributed by atoms with E-state index in [1.54, 1.807) is 13.8 Å². The molecule has 5 nitrogen and oxygen atoms in total. The number of alkyl halides is 3. The maximum Gasteiger partial charge on any atom is 0.379 e. The molecule has 0 aromatic heterocycles. The molecule has 2 atom stereocenters. The van der Waals surface area contributed by atoms with Crippen LogP contribution in [0.1, 0.15) is 25.5 Å². The minimum absolute atomic E-state index is 0.446. The highest BCUT2D eigenvalue weighted by Crippen LogP contribution is 2.41. The van der Waals surface area contributed by atoms with Gasteiger partial charge in [0.1, 0.15) is 18.5 Å². The fourth-order valence-corrected chi connectivity index (χ4v) is 3.84. The summed E-state index contributed by atoms with van der Waals surface area (Å²) in [5, 5.41) is 9.88. The highest BCUT2D eigenvalue weighted by Gasteiger charge is 2.50. The van der Waals surface area contributed by atoms with E-state index in [1.807, 2.05) is 0 Å². The summed E-state index contributed by atoms with van der Waals surface area (Å²) in [6, 6.07) is 3.97. The van der Waals surface area contributed by atoms with E-state index in [9.17, 15) is 26.6 Å². The van der Waals surface area contributed by atoms with Gasteiger partial charge in [-0.15, -0.1) is 0 Å². The van der Waals surface area contributed by atoms with E-state index >= 15 is 0 Å². The normalized spacial score (nSPS) is 24.5. The van der Waals surface area contributed by atoms with Crippen molar-refractivity contribution in [3.63, 3.8) is 0 Å². The van der Waals surface area contributed by atoms with Crippen LogP contribution >= 0.6 is 0 Å². The summed E-state index contributed by atoms with van der Waals surface area (Å²) >= 11 is 0. The Labute approximate surface area is 139 Å². The van der Waals surface area contributed by atoms with Crippen LogP contribution in [0, 0.1) is 0 Å². The van der Waals surface area contributed by atoms with Crippen LogP contribution in [-0.2, 0) is 14.6 Å². The molecule has 0 radical (unpaired) electrons. The number of hydrogen-bond acceptors (Lipinski definition) is 5. The number of nitrogens with zero attached hydrogens (tertiary/aromatic N) is 1. The molecule has 1 aliphatic rings. The largest absolute Gasteiger partial charge is 0.437 e. The van der Waals surface area contributed by atoms with E-state index in [-0.39, 0.29) is 0 Å². The summed E-state index contributed by atoms with van der Waals surface area (Å²) in [7, 11) is -5.64. The van der Waals surface area contributed by atoms with Crippen molar-refractivity contribution in [1.82, 2.24) is 4.81 Å².